The van der Waals surface area contributed by atoms with Gasteiger partial charge in [-0.15, -0.1) is 0 Å². The molecule has 1 rings (SSSR count). The minimum Gasteiger partial charge on any atom is -0.481 e. The molecular weight excluding hydrogens is 254 g/mol. The molecule has 1 aliphatic carbocycles. The first-order valence-corrected chi connectivity index (χ1v) is 8.02. The summed E-state index contributed by atoms with van der Waals surface area (Å²) in [4.78, 5) is 13.9. The number of carbonyl (C=O) groups is 1. The summed E-state index contributed by atoms with van der Waals surface area (Å²) in [5.74, 6) is -0.167. The molecule has 0 amide bonds. The lowest BCUT2D eigenvalue weighted by atomic mass is 9.75. The Balaban J connectivity index is 2.82. The lowest BCUT2D eigenvalue weighted by Crippen LogP contribution is -2.51. The molecule has 1 aliphatic rings. The summed E-state index contributed by atoms with van der Waals surface area (Å²) in [6, 6.07) is 0.435. The summed E-state index contributed by atoms with van der Waals surface area (Å²) in [6.07, 6.45) is 5.32. The number of rotatable bonds is 8. The zero-order valence-electron chi connectivity index (χ0n) is 13.5. The first kappa shape index (κ1) is 17.4. The highest BCUT2D eigenvalue weighted by Crippen LogP contribution is 2.35. The maximum atomic E-state index is 11.6. The van der Waals surface area contributed by atoms with Gasteiger partial charge in [-0.05, 0) is 38.6 Å². The molecule has 4 atom stereocenters. The van der Waals surface area contributed by atoms with Gasteiger partial charge in [-0.3, -0.25) is 9.69 Å². The van der Waals surface area contributed by atoms with Gasteiger partial charge in [0.15, 0.2) is 0 Å². The minimum atomic E-state index is -0.631. The highest BCUT2D eigenvalue weighted by molar-refractivity contribution is 5.71. The molecule has 118 valence electrons. The number of aliphatic carboxylic acids is 1. The van der Waals surface area contributed by atoms with Crippen LogP contribution in [0.3, 0.4) is 0 Å². The van der Waals surface area contributed by atoms with Crippen LogP contribution in [-0.2, 0) is 9.53 Å². The fraction of sp³-hybridized carbons (Fsp3) is 0.938. The molecule has 0 aromatic rings. The van der Waals surface area contributed by atoms with Crippen molar-refractivity contribution in [2.45, 2.75) is 65.0 Å². The predicted octanol–water partition coefficient (Wildman–Crippen LogP) is 3.01. The van der Waals surface area contributed by atoms with Crippen molar-refractivity contribution in [3.05, 3.63) is 0 Å². The van der Waals surface area contributed by atoms with Crippen molar-refractivity contribution in [1.29, 1.82) is 0 Å². The van der Waals surface area contributed by atoms with Gasteiger partial charge in [0.1, 0.15) is 0 Å². The molecule has 0 aromatic heterocycles. The number of likely N-dealkylation sites (N-methyl/N-ethyl adjacent to an activating group) is 1. The van der Waals surface area contributed by atoms with Crippen LogP contribution >= 0.6 is 0 Å². The summed E-state index contributed by atoms with van der Waals surface area (Å²) in [6.45, 7) is 8.01. The van der Waals surface area contributed by atoms with Gasteiger partial charge in [-0.2, -0.15) is 0 Å². The third kappa shape index (κ3) is 4.45. The van der Waals surface area contributed by atoms with E-state index in [1.54, 1.807) is 7.11 Å². The van der Waals surface area contributed by atoms with Gasteiger partial charge in [-0.1, -0.05) is 26.7 Å². The smallest absolute Gasteiger partial charge is 0.308 e. The molecule has 0 aliphatic heterocycles. The van der Waals surface area contributed by atoms with Crippen LogP contribution in [0, 0.1) is 11.8 Å². The quantitative estimate of drug-likeness (QED) is 0.745. The maximum absolute atomic E-state index is 11.6. The van der Waals surface area contributed by atoms with Crippen LogP contribution in [0.15, 0.2) is 0 Å². The number of hydrogen-bond acceptors (Lipinski definition) is 3. The molecule has 0 aromatic carbocycles. The molecule has 0 bridgehead atoms. The highest BCUT2D eigenvalue weighted by Gasteiger charge is 2.39. The molecule has 1 fully saturated rings. The standard InChI is InChI=1S/C16H31NO3/c1-5-7-13-8-9-14(16(18)19)15(10-13)17(6-2)12(3)11-20-4/h12-15H,5-11H2,1-4H3,(H,18,19). The fourth-order valence-electron chi connectivity index (χ4n) is 3.77. The number of ether oxygens (including phenoxy) is 1. The Hall–Kier alpha value is -0.610. The van der Waals surface area contributed by atoms with E-state index < -0.39 is 5.97 Å². The molecule has 20 heavy (non-hydrogen) atoms. The van der Waals surface area contributed by atoms with Crippen molar-refractivity contribution < 1.29 is 14.6 Å². The Kier molecular flexibility index (Phi) is 7.52. The van der Waals surface area contributed by atoms with Gasteiger partial charge >= 0.3 is 5.97 Å². The number of carboxylic acid groups (broad SMARTS) is 1. The van der Waals surface area contributed by atoms with E-state index in [2.05, 4.69) is 25.7 Å². The molecular formula is C16H31NO3. The number of hydrogen-bond donors (Lipinski definition) is 1. The van der Waals surface area contributed by atoms with E-state index in [4.69, 9.17) is 4.74 Å². The van der Waals surface area contributed by atoms with E-state index in [-0.39, 0.29) is 18.0 Å². The van der Waals surface area contributed by atoms with E-state index in [0.717, 1.165) is 25.8 Å². The van der Waals surface area contributed by atoms with Crippen molar-refractivity contribution in [3.63, 3.8) is 0 Å². The van der Waals surface area contributed by atoms with E-state index >= 15 is 0 Å². The van der Waals surface area contributed by atoms with Crippen molar-refractivity contribution in [2.24, 2.45) is 11.8 Å². The summed E-state index contributed by atoms with van der Waals surface area (Å²) in [5, 5.41) is 9.52. The molecule has 0 heterocycles. The molecule has 4 unspecified atom stereocenters. The van der Waals surface area contributed by atoms with Gasteiger partial charge in [0.05, 0.1) is 12.5 Å². The number of methoxy groups -OCH3 is 1. The van der Waals surface area contributed by atoms with E-state index in [0.29, 0.717) is 12.5 Å². The SMILES string of the molecule is CCCC1CCC(C(=O)O)C(N(CC)C(C)COC)C1. The maximum Gasteiger partial charge on any atom is 0.308 e. The van der Waals surface area contributed by atoms with Gasteiger partial charge in [0.2, 0.25) is 0 Å². The Morgan fingerprint density at radius 1 is 1.40 bits per heavy atom. The second-order valence-corrected chi connectivity index (χ2v) is 6.11. The lowest BCUT2D eigenvalue weighted by molar-refractivity contribution is -0.147. The normalized spacial score (nSPS) is 28.6. The molecule has 1 saturated carbocycles. The Morgan fingerprint density at radius 2 is 2.10 bits per heavy atom. The topological polar surface area (TPSA) is 49.8 Å². The van der Waals surface area contributed by atoms with Crippen LogP contribution in [0.25, 0.3) is 0 Å². The highest BCUT2D eigenvalue weighted by atomic mass is 16.5. The number of carboxylic acids is 1. The van der Waals surface area contributed by atoms with Crippen LogP contribution in [0.5, 0.6) is 0 Å². The monoisotopic (exact) mass is 285 g/mol. The number of nitrogens with zero attached hydrogens (tertiary/aromatic N) is 1. The summed E-state index contributed by atoms with van der Waals surface area (Å²) in [7, 11) is 1.71. The first-order chi connectivity index (χ1) is 9.54. The van der Waals surface area contributed by atoms with Crippen LogP contribution in [0.2, 0.25) is 0 Å². The van der Waals surface area contributed by atoms with E-state index in [1.807, 2.05) is 0 Å². The molecule has 0 spiro atoms. The molecule has 1 N–H and O–H groups in total. The molecule has 0 radical (unpaired) electrons. The third-order valence-electron chi connectivity index (χ3n) is 4.70. The summed E-state index contributed by atoms with van der Waals surface area (Å²) < 4.78 is 5.26. The van der Waals surface area contributed by atoms with Crippen LogP contribution in [0.1, 0.15) is 52.9 Å². The fourth-order valence-corrected chi connectivity index (χ4v) is 3.77. The minimum absolute atomic E-state index is 0.160. The van der Waals surface area contributed by atoms with Crippen LogP contribution in [0.4, 0.5) is 0 Å². The Morgan fingerprint density at radius 3 is 2.60 bits per heavy atom. The second kappa shape index (κ2) is 8.63. The lowest BCUT2D eigenvalue weighted by Gasteiger charge is -2.43. The zero-order chi connectivity index (χ0) is 15.1. The average molecular weight is 285 g/mol. The van der Waals surface area contributed by atoms with Crippen LogP contribution < -0.4 is 0 Å². The van der Waals surface area contributed by atoms with Crippen LogP contribution in [-0.4, -0.2) is 48.3 Å². The van der Waals surface area contributed by atoms with Gasteiger partial charge in [-0.25, -0.2) is 0 Å². The van der Waals surface area contributed by atoms with Gasteiger partial charge < -0.3 is 9.84 Å². The predicted molar refractivity (Wildman–Crippen MR) is 80.9 cm³/mol. The van der Waals surface area contributed by atoms with Crippen molar-refractivity contribution in [2.75, 3.05) is 20.3 Å². The van der Waals surface area contributed by atoms with Crippen molar-refractivity contribution in [3.8, 4) is 0 Å². The summed E-state index contributed by atoms with van der Waals surface area (Å²) >= 11 is 0. The average Bonchev–Trinajstić information content (AvgIpc) is 2.40. The summed E-state index contributed by atoms with van der Waals surface area (Å²) in [5.41, 5.74) is 0. The van der Waals surface area contributed by atoms with Gasteiger partial charge in [0, 0.05) is 19.2 Å². The second-order valence-electron chi connectivity index (χ2n) is 6.11. The molecule has 4 heteroatoms. The Bertz CT molecular complexity index is 295. The first-order valence-electron chi connectivity index (χ1n) is 8.02. The zero-order valence-corrected chi connectivity index (χ0v) is 13.5. The third-order valence-corrected chi connectivity index (χ3v) is 4.70. The molecule has 4 nitrogen and oxygen atoms in total. The van der Waals surface area contributed by atoms with Crippen molar-refractivity contribution in [1.82, 2.24) is 4.90 Å². The van der Waals surface area contributed by atoms with E-state index in [1.165, 1.54) is 12.8 Å². The Labute approximate surface area is 123 Å². The van der Waals surface area contributed by atoms with Gasteiger partial charge in [0.25, 0.3) is 0 Å². The van der Waals surface area contributed by atoms with E-state index in [9.17, 15) is 9.90 Å². The molecule has 0 saturated heterocycles. The largest absolute Gasteiger partial charge is 0.481 e. The van der Waals surface area contributed by atoms with Crippen molar-refractivity contribution >= 4 is 5.97 Å².